The average molecular weight is 258 g/mol. The van der Waals surface area contributed by atoms with Crippen molar-refractivity contribution in [2.45, 2.75) is 25.7 Å². The summed E-state index contributed by atoms with van der Waals surface area (Å²) in [5.74, 6) is 0.474. The molecule has 1 rings (SSSR count). The van der Waals surface area contributed by atoms with Crippen LogP contribution in [0.1, 0.15) is 25.7 Å². The Bertz CT molecular complexity index is 419. The van der Waals surface area contributed by atoms with E-state index < -0.39 is 15.9 Å². The van der Waals surface area contributed by atoms with Crippen molar-refractivity contribution in [3.8, 4) is 0 Å². The highest BCUT2D eigenvalue weighted by Gasteiger charge is 2.20. The van der Waals surface area contributed by atoms with Crippen LogP contribution in [0.4, 0.5) is 0 Å². The Kier molecular flexibility index (Phi) is 5.00. The monoisotopic (exact) mass is 258 g/mol. The predicted molar refractivity (Wildman–Crippen MR) is 66.1 cm³/mol. The van der Waals surface area contributed by atoms with Crippen molar-refractivity contribution in [1.82, 2.24) is 0 Å². The van der Waals surface area contributed by atoms with Gasteiger partial charge < -0.3 is 4.74 Å². The van der Waals surface area contributed by atoms with Crippen LogP contribution in [0.5, 0.6) is 0 Å². The van der Waals surface area contributed by atoms with Gasteiger partial charge in [0.05, 0.1) is 5.76 Å². The van der Waals surface area contributed by atoms with E-state index in [0.717, 1.165) is 25.7 Å². The van der Waals surface area contributed by atoms with Crippen molar-refractivity contribution >= 4 is 10.1 Å². The zero-order chi connectivity index (χ0) is 12.9. The number of hydrogen-bond donors (Lipinski definition) is 1. The molecule has 1 saturated carbocycles. The van der Waals surface area contributed by atoms with Gasteiger partial charge in [-0.3, -0.25) is 4.55 Å². The average Bonchev–Trinajstić information content (AvgIpc) is 2.27. The van der Waals surface area contributed by atoms with Gasteiger partial charge in [0.15, 0.2) is 0 Å². The summed E-state index contributed by atoms with van der Waals surface area (Å²) in [6.07, 6.45) is 3.74. The minimum absolute atomic E-state index is 0.0433. The topological polar surface area (TPSA) is 63.6 Å². The van der Waals surface area contributed by atoms with Crippen LogP contribution in [0.2, 0.25) is 0 Å². The van der Waals surface area contributed by atoms with Crippen LogP contribution in [-0.2, 0) is 14.9 Å². The van der Waals surface area contributed by atoms with Crippen molar-refractivity contribution in [3.05, 3.63) is 30.2 Å². The van der Waals surface area contributed by atoms with Gasteiger partial charge in [0.2, 0.25) is 0 Å². The lowest BCUT2D eigenvalue weighted by Gasteiger charge is -2.24. The molecule has 0 atom stereocenters. The molecule has 0 radical (unpaired) electrons. The summed E-state index contributed by atoms with van der Waals surface area (Å²) in [7, 11) is -3.95. The highest BCUT2D eigenvalue weighted by Crippen LogP contribution is 2.31. The molecule has 4 nitrogen and oxygen atoms in total. The number of allylic oxidation sites excluding steroid dienone is 2. The second kappa shape index (κ2) is 6.05. The van der Waals surface area contributed by atoms with Gasteiger partial charge in [-0.2, -0.15) is 8.42 Å². The quantitative estimate of drug-likeness (QED) is 0.467. The molecule has 0 heterocycles. The predicted octanol–water partition coefficient (Wildman–Crippen LogP) is 2.31. The van der Waals surface area contributed by atoms with E-state index in [-0.39, 0.29) is 12.5 Å². The van der Waals surface area contributed by atoms with E-state index in [0.29, 0.717) is 5.76 Å². The van der Waals surface area contributed by atoms with E-state index in [4.69, 9.17) is 9.29 Å². The molecule has 1 aliphatic rings. The molecule has 0 aromatic heterocycles. The number of hydrogen-bond acceptors (Lipinski definition) is 3. The molecular formula is C12H18O4S. The van der Waals surface area contributed by atoms with Gasteiger partial charge in [-0.05, 0) is 31.3 Å². The van der Waals surface area contributed by atoms with Crippen LogP contribution in [-0.4, -0.2) is 25.3 Å². The number of ether oxygens (including phenoxy) is 1. The van der Waals surface area contributed by atoms with E-state index in [1.807, 2.05) is 0 Å². The lowest BCUT2D eigenvalue weighted by atomic mass is 9.85. The minimum Gasteiger partial charge on any atom is -0.497 e. The Balaban J connectivity index is 2.32. The molecule has 17 heavy (non-hydrogen) atoms. The van der Waals surface area contributed by atoms with Crippen LogP contribution >= 0.6 is 0 Å². The van der Waals surface area contributed by atoms with Crippen LogP contribution in [0.15, 0.2) is 30.2 Å². The first-order valence-corrected chi connectivity index (χ1v) is 7.18. The Morgan fingerprint density at radius 3 is 2.53 bits per heavy atom. The lowest BCUT2D eigenvalue weighted by Crippen LogP contribution is -2.16. The van der Waals surface area contributed by atoms with Crippen molar-refractivity contribution in [3.63, 3.8) is 0 Å². The fourth-order valence-electron chi connectivity index (χ4n) is 1.86. The highest BCUT2D eigenvalue weighted by atomic mass is 32.2. The smallest absolute Gasteiger partial charge is 0.268 e. The molecule has 5 heteroatoms. The van der Waals surface area contributed by atoms with Crippen molar-refractivity contribution in [2.75, 3.05) is 12.4 Å². The Morgan fingerprint density at radius 1 is 1.47 bits per heavy atom. The van der Waals surface area contributed by atoms with Crippen LogP contribution < -0.4 is 0 Å². The second-order valence-electron chi connectivity index (χ2n) is 4.16. The normalized spacial score (nSPS) is 20.8. The molecule has 0 aliphatic heterocycles. The molecule has 1 aliphatic carbocycles. The fourth-order valence-corrected chi connectivity index (χ4v) is 2.15. The highest BCUT2D eigenvalue weighted by molar-refractivity contribution is 7.85. The summed E-state index contributed by atoms with van der Waals surface area (Å²) in [5, 5.41) is 0. The van der Waals surface area contributed by atoms with Gasteiger partial charge >= 0.3 is 0 Å². The third-order valence-corrected chi connectivity index (χ3v) is 3.61. The van der Waals surface area contributed by atoms with Crippen molar-refractivity contribution < 1.29 is 17.7 Å². The summed E-state index contributed by atoms with van der Waals surface area (Å²) >= 11 is 0. The molecule has 1 N–H and O–H groups in total. The van der Waals surface area contributed by atoms with Crippen LogP contribution in [0.3, 0.4) is 0 Å². The standard InChI is InChI=1S/C12H18O4S/c1-3-11-4-6-12(7-5-11)10(2)16-8-9-17(13,14)15/h12H,1-2,4-9H2,(H,13,14,15). The van der Waals surface area contributed by atoms with Crippen LogP contribution in [0, 0.1) is 5.92 Å². The summed E-state index contributed by atoms with van der Waals surface area (Å²) in [5.41, 5.74) is 4.14. The molecule has 0 bridgehead atoms. The van der Waals surface area contributed by atoms with Gasteiger partial charge in [0, 0.05) is 5.92 Å². The van der Waals surface area contributed by atoms with Crippen LogP contribution in [0.25, 0.3) is 0 Å². The molecule has 0 unspecified atom stereocenters. The van der Waals surface area contributed by atoms with E-state index in [1.165, 1.54) is 5.57 Å². The summed E-state index contributed by atoms with van der Waals surface area (Å²) in [6, 6.07) is 0. The summed E-state index contributed by atoms with van der Waals surface area (Å²) < 4.78 is 34.8. The first-order chi connectivity index (χ1) is 7.92. The second-order valence-corrected chi connectivity index (χ2v) is 5.73. The maximum atomic E-state index is 10.5. The summed E-state index contributed by atoms with van der Waals surface area (Å²) in [6.45, 7) is 7.38. The third kappa shape index (κ3) is 5.22. The van der Waals surface area contributed by atoms with Gasteiger partial charge in [-0.1, -0.05) is 13.2 Å². The molecule has 96 valence electrons. The van der Waals surface area contributed by atoms with Gasteiger partial charge in [-0.15, -0.1) is 5.73 Å². The van der Waals surface area contributed by atoms with Crippen molar-refractivity contribution in [2.24, 2.45) is 5.92 Å². The SMILES string of the molecule is C=C=C1CCC(C(=C)OCCS(=O)(=O)O)CC1. The molecule has 0 saturated heterocycles. The van der Waals surface area contributed by atoms with E-state index in [2.05, 4.69) is 18.9 Å². The number of rotatable bonds is 5. The van der Waals surface area contributed by atoms with Gasteiger partial charge in [-0.25, -0.2) is 0 Å². The minimum atomic E-state index is -3.95. The van der Waals surface area contributed by atoms with Gasteiger partial charge in [0.1, 0.15) is 12.4 Å². The molecule has 0 aromatic carbocycles. The molecule has 0 amide bonds. The Hall–Kier alpha value is -1.03. The van der Waals surface area contributed by atoms with E-state index >= 15 is 0 Å². The first-order valence-electron chi connectivity index (χ1n) is 5.57. The zero-order valence-corrected chi connectivity index (χ0v) is 10.6. The Labute approximate surface area is 102 Å². The molecule has 0 spiro atoms. The molecule has 1 fully saturated rings. The third-order valence-electron chi connectivity index (χ3n) is 2.92. The van der Waals surface area contributed by atoms with E-state index in [9.17, 15) is 8.42 Å². The first kappa shape index (κ1) is 14.0. The Morgan fingerprint density at radius 2 is 2.06 bits per heavy atom. The molecular weight excluding hydrogens is 240 g/mol. The zero-order valence-electron chi connectivity index (χ0n) is 9.81. The van der Waals surface area contributed by atoms with Gasteiger partial charge in [0.25, 0.3) is 10.1 Å². The fraction of sp³-hybridized carbons (Fsp3) is 0.583. The lowest BCUT2D eigenvalue weighted by molar-refractivity contribution is 0.180. The largest absolute Gasteiger partial charge is 0.497 e. The molecule has 0 aromatic rings. The summed E-state index contributed by atoms with van der Waals surface area (Å²) in [4.78, 5) is 0. The van der Waals surface area contributed by atoms with Crippen molar-refractivity contribution in [1.29, 1.82) is 0 Å². The maximum absolute atomic E-state index is 10.5. The van der Waals surface area contributed by atoms with E-state index in [1.54, 1.807) is 0 Å². The maximum Gasteiger partial charge on any atom is 0.268 e.